The van der Waals surface area contributed by atoms with Gasteiger partial charge in [-0.2, -0.15) is 0 Å². The number of esters is 3. The maximum Gasteiger partial charge on any atom is 0.306 e. The van der Waals surface area contributed by atoms with Crippen LogP contribution >= 0.6 is 0 Å². The maximum atomic E-state index is 12.8. The van der Waals surface area contributed by atoms with Gasteiger partial charge in [0.1, 0.15) is 13.2 Å². The van der Waals surface area contributed by atoms with Crippen LogP contribution in [0.2, 0.25) is 0 Å². The van der Waals surface area contributed by atoms with Gasteiger partial charge in [-0.3, -0.25) is 14.4 Å². The van der Waals surface area contributed by atoms with Crippen molar-refractivity contribution in [3.05, 3.63) is 122 Å². The van der Waals surface area contributed by atoms with E-state index < -0.39 is 6.10 Å². The molecular weight excluding hydrogens is 781 g/mol. The second-order valence-electron chi connectivity index (χ2n) is 16.1. The fourth-order valence-electron chi connectivity index (χ4n) is 6.39. The Kier molecular flexibility index (Phi) is 47.1. The highest BCUT2D eigenvalue weighted by Gasteiger charge is 2.19. The zero-order valence-electron chi connectivity index (χ0n) is 40.3. The van der Waals surface area contributed by atoms with Gasteiger partial charge in [0, 0.05) is 19.3 Å². The highest BCUT2D eigenvalue weighted by atomic mass is 16.6. The van der Waals surface area contributed by atoms with E-state index in [1.807, 2.05) is 60.8 Å². The van der Waals surface area contributed by atoms with Gasteiger partial charge >= 0.3 is 17.9 Å². The third-order valence-electron chi connectivity index (χ3n) is 10.1. The molecule has 0 aromatic heterocycles. The lowest BCUT2D eigenvalue weighted by Gasteiger charge is -2.18. The third kappa shape index (κ3) is 48.7. The van der Waals surface area contributed by atoms with Crippen LogP contribution in [0.3, 0.4) is 0 Å². The molecule has 0 aromatic carbocycles. The molecule has 0 amide bonds. The number of allylic oxidation sites excluding steroid dienone is 20. The zero-order chi connectivity index (χ0) is 45.8. The van der Waals surface area contributed by atoms with Crippen LogP contribution in [0.4, 0.5) is 0 Å². The predicted octanol–water partition coefficient (Wildman–Crippen LogP) is 16.5. The first-order valence-electron chi connectivity index (χ1n) is 25.1. The molecule has 0 saturated carbocycles. The summed E-state index contributed by atoms with van der Waals surface area (Å²) in [4.78, 5) is 37.9. The minimum Gasteiger partial charge on any atom is -0.462 e. The summed E-state index contributed by atoms with van der Waals surface area (Å²) in [5, 5.41) is 0. The Bertz CT molecular complexity index is 1370. The number of hydrogen-bond acceptors (Lipinski definition) is 6. The first-order valence-corrected chi connectivity index (χ1v) is 25.1. The van der Waals surface area contributed by atoms with Crippen LogP contribution in [0, 0.1) is 0 Å². The summed E-state index contributed by atoms with van der Waals surface area (Å²) < 4.78 is 16.7. The van der Waals surface area contributed by atoms with E-state index in [0.717, 1.165) is 77.0 Å². The summed E-state index contributed by atoms with van der Waals surface area (Å²) in [5.41, 5.74) is 0. The predicted molar refractivity (Wildman–Crippen MR) is 269 cm³/mol. The second kappa shape index (κ2) is 50.5. The van der Waals surface area contributed by atoms with Crippen LogP contribution in [-0.2, 0) is 28.6 Å². The number of hydrogen-bond donors (Lipinski definition) is 0. The molecule has 0 fully saturated rings. The van der Waals surface area contributed by atoms with Crippen LogP contribution in [-0.4, -0.2) is 37.2 Å². The van der Waals surface area contributed by atoms with Crippen molar-refractivity contribution in [2.75, 3.05) is 13.2 Å². The topological polar surface area (TPSA) is 78.9 Å². The average Bonchev–Trinajstić information content (AvgIpc) is 3.28. The van der Waals surface area contributed by atoms with E-state index in [0.29, 0.717) is 19.3 Å². The molecule has 0 aromatic rings. The largest absolute Gasteiger partial charge is 0.462 e. The summed E-state index contributed by atoms with van der Waals surface area (Å²) in [6.45, 7) is 6.26. The zero-order valence-corrected chi connectivity index (χ0v) is 40.3. The Morgan fingerprint density at radius 2 is 0.730 bits per heavy atom. The highest BCUT2D eigenvalue weighted by Crippen LogP contribution is 2.14. The number of carbonyl (C=O) groups is 3. The summed E-state index contributed by atoms with van der Waals surface area (Å²) in [7, 11) is 0. The lowest BCUT2D eigenvalue weighted by Crippen LogP contribution is -2.30. The molecule has 0 aliphatic heterocycles. The maximum absolute atomic E-state index is 12.8. The molecule has 6 heteroatoms. The van der Waals surface area contributed by atoms with Crippen molar-refractivity contribution in [1.29, 1.82) is 0 Å². The van der Waals surface area contributed by atoms with Crippen molar-refractivity contribution >= 4 is 17.9 Å². The minimum absolute atomic E-state index is 0.120. The summed E-state index contributed by atoms with van der Waals surface area (Å²) >= 11 is 0. The monoisotopic (exact) mass is 871 g/mol. The van der Waals surface area contributed by atoms with Crippen molar-refractivity contribution < 1.29 is 28.6 Å². The van der Waals surface area contributed by atoms with Gasteiger partial charge in [0.15, 0.2) is 6.10 Å². The van der Waals surface area contributed by atoms with Gasteiger partial charge in [-0.25, -0.2) is 0 Å². The molecule has 0 heterocycles. The van der Waals surface area contributed by atoms with Gasteiger partial charge in [-0.15, -0.1) is 0 Å². The SMILES string of the molecule is CC\C=C/C=C\C=C/C=C\C=C/CCCCCC(=O)OC(COC(=O)CC/C=C\C/C=C\C/C=C\C/C=C\C/C=C\CC)COC(=O)CCCCCCCCCCCCCCCC. The molecule has 1 unspecified atom stereocenters. The number of rotatable bonds is 43. The Labute approximate surface area is 386 Å². The molecule has 6 nitrogen and oxygen atoms in total. The van der Waals surface area contributed by atoms with E-state index in [1.165, 1.54) is 70.6 Å². The van der Waals surface area contributed by atoms with Gasteiger partial charge < -0.3 is 14.2 Å². The molecule has 0 rings (SSSR count). The Balaban J connectivity index is 4.59. The fraction of sp³-hybridized carbons (Fsp3) is 0.596. The molecule has 0 bridgehead atoms. The molecule has 1 atom stereocenters. The van der Waals surface area contributed by atoms with Crippen LogP contribution in [0.5, 0.6) is 0 Å². The summed E-state index contributed by atoms with van der Waals surface area (Å²) in [6, 6.07) is 0. The second-order valence-corrected chi connectivity index (χ2v) is 16.1. The Morgan fingerprint density at radius 3 is 1.22 bits per heavy atom. The number of ether oxygens (including phenoxy) is 3. The van der Waals surface area contributed by atoms with E-state index in [2.05, 4.69) is 81.5 Å². The highest BCUT2D eigenvalue weighted by molar-refractivity contribution is 5.71. The van der Waals surface area contributed by atoms with Gasteiger partial charge in [-0.05, 0) is 70.6 Å². The molecule has 0 spiro atoms. The molecule has 0 saturated heterocycles. The van der Waals surface area contributed by atoms with E-state index in [4.69, 9.17) is 14.2 Å². The number of unbranched alkanes of at least 4 members (excludes halogenated alkanes) is 16. The summed E-state index contributed by atoms with van der Waals surface area (Å²) in [5.74, 6) is -1.06. The third-order valence-corrected chi connectivity index (χ3v) is 10.1. The summed E-state index contributed by atoms with van der Waals surface area (Å²) in [6.07, 6.45) is 69.0. The van der Waals surface area contributed by atoms with Crippen LogP contribution in [0.15, 0.2) is 122 Å². The van der Waals surface area contributed by atoms with Crippen molar-refractivity contribution in [1.82, 2.24) is 0 Å². The van der Waals surface area contributed by atoms with Crippen molar-refractivity contribution in [3.63, 3.8) is 0 Å². The van der Waals surface area contributed by atoms with Gasteiger partial charge in [-0.1, -0.05) is 232 Å². The molecule has 0 aliphatic carbocycles. The molecule has 0 radical (unpaired) electrons. The Hall–Kier alpha value is -4.19. The normalized spacial score (nSPS) is 13.1. The van der Waals surface area contributed by atoms with E-state index >= 15 is 0 Å². The first-order chi connectivity index (χ1) is 31.0. The average molecular weight is 871 g/mol. The van der Waals surface area contributed by atoms with Crippen LogP contribution in [0.1, 0.15) is 201 Å². The Morgan fingerprint density at radius 1 is 0.349 bits per heavy atom. The quantitative estimate of drug-likeness (QED) is 0.0200. The minimum atomic E-state index is -0.831. The van der Waals surface area contributed by atoms with Crippen LogP contribution < -0.4 is 0 Å². The number of carbonyl (C=O) groups excluding carboxylic acids is 3. The van der Waals surface area contributed by atoms with Crippen molar-refractivity contribution in [3.8, 4) is 0 Å². The molecule has 0 N–H and O–H groups in total. The van der Waals surface area contributed by atoms with Crippen LogP contribution in [0.25, 0.3) is 0 Å². The van der Waals surface area contributed by atoms with Crippen molar-refractivity contribution in [2.24, 2.45) is 0 Å². The smallest absolute Gasteiger partial charge is 0.306 e. The van der Waals surface area contributed by atoms with Crippen molar-refractivity contribution in [2.45, 2.75) is 207 Å². The lowest BCUT2D eigenvalue weighted by atomic mass is 10.0. The van der Waals surface area contributed by atoms with Gasteiger partial charge in [0.2, 0.25) is 0 Å². The molecule has 63 heavy (non-hydrogen) atoms. The first kappa shape index (κ1) is 58.8. The lowest BCUT2D eigenvalue weighted by molar-refractivity contribution is -0.166. The standard InChI is InChI=1S/C57H90O6/c1-4-7-10-13-16-19-22-25-28-30-32-35-38-41-44-47-50-56(59)62-53-54(52-61-55(58)49-46-43-40-37-34-31-27-24-21-18-15-12-9-6-3)63-57(60)51-48-45-42-39-36-33-29-26-23-20-17-14-11-8-5-2/h7-8,10-11,14,16-17,19-20,23,25-26,28-29,32-33,35-36,41,44,54H,4-6,9,12-13,15,18,21-22,24,27,30-31,34,37-40,42-43,45-53H2,1-3H3/b10-7-,11-8-,17-14-,19-16-,23-20-,28-25-,29-26-,35-32-,36-33-,44-41-. The van der Waals surface area contributed by atoms with E-state index in [-0.39, 0.29) is 44.0 Å². The van der Waals surface area contributed by atoms with Gasteiger partial charge in [0.25, 0.3) is 0 Å². The molecule has 0 aliphatic rings. The fourth-order valence-corrected chi connectivity index (χ4v) is 6.39. The van der Waals surface area contributed by atoms with E-state index in [9.17, 15) is 14.4 Å². The van der Waals surface area contributed by atoms with Gasteiger partial charge in [0.05, 0.1) is 0 Å². The molecular formula is C57H90O6. The van der Waals surface area contributed by atoms with E-state index in [1.54, 1.807) is 0 Å². The molecule has 354 valence electrons.